The Labute approximate surface area is 62.5 Å². The first kappa shape index (κ1) is 6.15. The summed E-state index contributed by atoms with van der Waals surface area (Å²) in [6.45, 7) is 0. The number of hydrogen-bond acceptors (Lipinski definition) is 2. The Hall–Kier alpha value is -1.58. The van der Waals surface area contributed by atoms with Gasteiger partial charge in [-0.15, -0.1) is 0 Å². The van der Waals surface area contributed by atoms with E-state index < -0.39 is 0 Å². The normalized spacial score (nSPS) is 10.6. The molecule has 2 rings (SSSR count). The van der Waals surface area contributed by atoms with Gasteiger partial charge in [-0.3, -0.25) is 9.48 Å². The van der Waals surface area contributed by atoms with Crippen molar-refractivity contribution in [3.05, 3.63) is 28.8 Å². The number of fused-ring (bicyclic) bond motifs is 1. The Morgan fingerprint density at radius 3 is 3.18 bits per heavy atom. The van der Waals surface area contributed by atoms with Gasteiger partial charge < -0.3 is 4.98 Å². The van der Waals surface area contributed by atoms with E-state index in [-0.39, 0.29) is 5.56 Å². The fourth-order valence-electron chi connectivity index (χ4n) is 1.08. The molecule has 0 bridgehead atoms. The van der Waals surface area contributed by atoms with Crippen LogP contribution < -0.4 is 5.56 Å². The molecule has 0 radical (unpaired) electrons. The van der Waals surface area contributed by atoms with Crippen molar-refractivity contribution in [2.24, 2.45) is 7.05 Å². The molecule has 0 aliphatic carbocycles. The third kappa shape index (κ3) is 0.832. The Kier molecular flexibility index (Phi) is 1.09. The van der Waals surface area contributed by atoms with Crippen LogP contribution in [0, 0.1) is 0 Å². The number of pyridine rings is 1. The molecule has 1 N–H and O–H groups in total. The highest BCUT2D eigenvalue weighted by Gasteiger charge is 1.99. The summed E-state index contributed by atoms with van der Waals surface area (Å²) in [5.41, 5.74) is 0.645. The lowest BCUT2D eigenvalue weighted by Crippen LogP contribution is -2.02. The maximum Gasteiger partial charge on any atom is 0.259 e. The smallest absolute Gasteiger partial charge is 0.259 e. The van der Waals surface area contributed by atoms with Crippen molar-refractivity contribution in [1.29, 1.82) is 0 Å². The molecule has 4 nitrogen and oxygen atoms in total. The maximum atomic E-state index is 11.1. The van der Waals surface area contributed by atoms with Crippen molar-refractivity contribution in [2.75, 3.05) is 0 Å². The van der Waals surface area contributed by atoms with E-state index >= 15 is 0 Å². The van der Waals surface area contributed by atoms with Crippen molar-refractivity contribution in [3.63, 3.8) is 0 Å². The van der Waals surface area contributed by atoms with Crippen molar-refractivity contribution >= 4 is 10.9 Å². The number of rotatable bonds is 0. The predicted octanol–water partition coefficient (Wildman–Crippen LogP) is 0.262. The van der Waals surface area contributed by atoms with Crippen LogP contribution in [-0.4, -0.2) is 14.8 Å². The Bertz CT molecular complexity index is 440. The number of aryl methyl sites for hydroxylation is 1. The van der Waals surface area contributed by atoms with Gasteiger partial charge >= 0.3 is 0 Å². The van der Waals surface area contributed by atoms with Gasteiger partial charge in [0.2, 0.25) is 0 Å². The van der Waals surface area contributed by atoms with Crippen LogP contribution in [0.1, 0.15) is 0 Å². The molecule has 0 saturated carbocycles. The zero-order valence-corrected chi connectivity index (χ0v) is 6.03. The largest absolute Gasteiger partial charge is 0.328 e. The summed E-state index contributed by atoms with van der Waals surface area (Å²) in [6, 6.07) is 1.77. The van der Waals surface area contributed by atoms with E-state index in [2.05, 4.69) is 10.1 Å². The average Bonchev–Trinajstić information content (AvgIpc) is 2.31. The minimum Gasteiger partial charge on any atom is -0.328 e. The number of nitrogens with one attached hydrogen (secondary N) is 1. The summed E-state index contributed by atoms with van der Waals surface area (Å²) in [5.74, 6) is 0. The minimum atomic E-state index is -0.0874. The van der Waals surface area contributed by atoms with E-state index in [4.69, 9.17) is 0 Å². The predicted molar refractivity (Wildman–Crippen MR) is 41.3 cm³/mol. The lowest BCUT2D eigenvalue weighted by Gasteiger charge is -1.81. The molecule has 0 spiro atoms. The zero-order chi connectivity index (χ0) is 7.84. The molecule has 2 heterocycles. The lowest BCUT2D eigenvalue weighted by atomic mass is 10.3. The van der Waals surface area contributed by atoms with Crippen LogP contribution in [0.25, 0.3) is 10.9 Å². The summed E-state index contributed by atoms with van der Waals surface area (Å²) in [7, 11) is 1.79. The molecule has 2 aromatic rings. The molecule has 0 aliphatic rings. The third-order valence-corrected chi connectivity index (χ3v) is 1.56. The highest BCUT2D eigenvalue weighted by molar-refractivity contribution is 5.76. The molecule has 0 aromatic carbocycles. The van der Waals surface area contributed by atoms with E-state index in [0.717, 1.165) is 5.52 Å². The lowest BCUT2D eigenvalue weighted by molar-refractivity contribution is 0.779. The summed E-state index contributed by atoms with van der Waals surface area (Å²) < 4.78 is 1.62. The van der Waals surface area contributed by atoms with E-state index in [9.17, 15) is 4.79 Å². The second-order valence-electron chi connectivity index (χ2n) is 2.41. The molecule has 11 heavy (non-hydrogen) atoms. The molecule has 4 heteroatoms. The fourth-order valence-corrected chi connectivity index (χ4v) is 1.08. The van der Waals surface area contributed by atoms with Gasteiger partial charge in [0.25, 0.3) is 5.56 Å². The molecule has 0 aliphatic heterocycles. The highest BCUT2D eigenvalue weighted by Crippen LogP contribution is 2.02. The van der Waals surface area contributed by atoms with E-state index in [1.165, 1.54) is 0 Å². The average molecular weight is 149 g/mol. The Morgan fingerprint density at radius 1 is 1.64 bits per heavy atom. The van der Waals surface area contributed by atoms with Crippen molar-refractivity contribution < 1.29 is 0 Å². The van der Waals surface area contributed by atoms with Crippen LogP contribution in [0.2, 0.25) is 0 Å². The third-order valence-electron chi connectivity index (χ3n) is 1.56. The maximum absolute atomic E-state index is 11.1. The summed E-state index contributed by atoms with van der Waals surface area (Å²) in [6.07, 6.45) is 3.30. The molecule has 0 fully saturated rings. The van der Waals surface area contributed by atoms with Gasteiger partial charge in [-0.25, -0.2) is 0 Å². The molecule has 0 atom stereocenters. The monoisotopic (exact) mass is 149 g/mol. The fraction of sp³-hybridized carbons (Fsp3) is 0.143. The van der Waals surface area contributed by atoms with Gasteiger partial charge in [0, 0.05) is 19.4 Å². The van der Waals surface area contributed by atoms with Gasteiger partial charge in [-0.1, -0.05) is 0 Å². The number of aromatic amines is 1. The Morgan fingerprint density at radius 2 is 2.45 bits per heavy atom. The summed E-state index contributed by atoms with van der Waals surface area (Å²) >= 11 is 0. The van der Waals surface area contributed by atoms with E-state index in [1.54, 1.807) is 30.2 Å². The Balaban J connectivity index is 3.02. The van der Waals surface area contributed by atoms with Crippen LogP contribution in [0.15, 0.2) is 23.3 Å². The number of hydrogen-bond donors (Lipinski definition) is 1. The number of nitrogens with zero attached hydrogens (tertiary/aromatic N) is 2. The quantitative estimate of drug-likeness (QED) is 0.584. The van der Waals surface area contributed by atoms with Crippen LogP contribution >= 0.6 is 0 Å². The van der Waals surface area contributed by atoms with Crippen molar-refractivity contribution in [1.82, 2.24) is 14.8 Å². The molecular weight excluding hydrogens is 142 g/mol. The minimum absolute atomic E-state index is 0.0874. The molecule has 0 saturated heterocycles. The van der Waals surface area contributed by atoms with E-state index in [0.29, 0.717) is 5.39 Å². The van der Waals surface area contributed by atoms with Gasteiger partial charge in [-0.2, -0.15) is 5.10 Å². The van der Waals surface area contributed by atoms with Gasteiger partial charge in [0.1, 0.15) is 0 Å². The zero-order valence-electron chi connectivity index (χ0n) is 6.03. The van der Waals surface area contributed by atoms with Crippen molar-refractivity contribution in [2.45, 2.75) is 0 Å². The first-order valence-electron chi connectivity index (χ1n) is 3.28. The molecule has 2 aromatic heterocycles. The van der Waals surface area contributed by atoms with E-state index in [1.807, 2.05) is 0 Å². The SMILES string of the molecule is Cn1cc2c(=O)[nH]ccc2n1. The highest BCUT2D eigenvalue weighted by atomic mass is 16.1. The summed E-state index contributed by atoms with van der Waals surface area (Å²) in [5, 5.41) is 4.70. The van der Waals surface area contributed by atoms with Gasteiger partial charge in [0.15, 0.2) is 0 Å². The molecular formula is C7H7N3O. The van der Waals surface area contributed by atoms with Crippen molar-refractivity contribution in [3.8, 4) is 0 Å². The standard InChI is InChI=1S/C7H7N3O/c1-10-4-5-6(9-10)2-3-8-7(5)11/h2-4H,1H3,(H,8,11). The second-order valence-corrected chi connectivity index (χ2v) is 2.41. The molecule has 56 valence electrons. The second kappa shape index (κ2) is 1.95. The van der Waals surface area contributed by atoms with Crippen LogP contribution in [0.3, 0.4) is 0 Å². The van der Waals surface area contributed by atoms with Gasteiger partial charge in [0.05, 0.1) is 10.9 Å². The molecule has 0 unspecified atom stereocenters. The van der Waals surface area contributed by atoms with Crippen LogP contribution in [0.5, 0.6) is 0 Å². The first-order chi connectivity index (χ1) is 5.27. The summed E-state index contributed by atoms with van der Waals surface area (Å²) in [4.78, 5) is 13.7. The van der Waals surface area contributed by atoms with Gasteiger partial charge in [-0.05, 0) is 6.07 Å². The van der Waals surface area contributed by atoms with Crippen LogP contribution in [0.4, 0.5) is 0 Å². The topological polar surface area (TPSA) is 50.7 Å². The number of aromatic nitrogens is 3. The molecule has 0 amide bonds. The van der Waals surface area contributed by atoms with Crippen LogP contribution in [-0.2, 0) is 7.05 Å². The first-order valence-corrected chi connectivity index (χ1v) is 3.28. The number of H-pyrrole nitrogens is 1.